The highest BCUT2D eigenvalue weighted by Crippen LogP contribution is 2.21. The normalized spacial score (nSPS) is 10.6. The van der Waals surface area contributed by atoms with Gasteiger partial charge in [-0.15, -0.1) is 0 Å². The van der Waals surface area contributed by atoms with E-state index in [4.69, 9.17) is 0 Å². The van der Waals surface area contributed by atoms with E-state index >= 15 is 0 Å². The minimum Gasteiger partial charge on any atom is -0.352 e. The molecule has 0 aliphatic carbocycles. The minimum absolute atomic E-state index is 0.108. The highest BCUT2D eigenvalue weighted by molar-refractivity contribution is 9.10. The molecule has 1 N–H and O–H groups in total. The van der Waals surface area contributed by atoms with Gasteiger partial charge in [-0.25, -0.2) is 0 Å². The number of hydrogen-bond donors (Lipinski definition) is 1. The Labute approximate surface area is 113 Å². The maximum atomic E-state index is 11.8. The molecule has 1 aromatic rings. The summed E-state index contributed by atoms with van der Waals surface area (Å²) in [5, 5.41) is 13.4. The van der Waals surface area contributed by atoms with Crippen molar-refractivity contribution < 1.29 is 9.72 Å². The van der Waals surface area contributed by atoms with E-state index in [1.165, 1.54) is 12.1 Å². The summed E-state index contributed by atoms with van der Waals surface area (Å²) in [6.07, 6.45) is 4.57. The molecule has 1 amide bonds. The summed E-state index contributed by atoms with van der Waals surface area (Å²) >= 11 is 3.15. The molecule has 0 unspecified atom stereocenters. The summed E-state index contributed by atoms with van der Waals surface area (Å²) in [5.41, 5.74) is 0.166. The molecule has 1 rings (SSSR count). The molecule has 1 aromatic carbocycles. The third-order valence-corrected chi connectivity index (χ3v) is 2.65. The summed E-state index contributed by atoms with van der Waals surface area (Å²) < 4.78 is 0.510. The van der Waals surface area contributed by atoms with Gasteiger partial charge in [-0.1, -0.05) is 28.1 Å². The Balaban J connectivity index is 2.76. The summed E-state index contributed by atoms with van der Waals surface area (Å²) in [6.45, 7) is 2.41. The molecule has 0 radical (unpaired) electrons. The van der Waals surface area contributed by atoms with Crippen LogP contribution in [0.2, 0.25) is 0 Å². The second-order valence-corrected chi connectivity index (χ2v) is 4.48. The first kappa shape index (κ1) is 14.4. The third kappa shape index (κ3) is 4.29. The van der Waals surface area contributed by atoms with Gasteiger partial charge in [0.1, 0.15) is 0 Å². The predicted molar refractivity (Wildman–Crippen MR) is 72.6 cm³/mol. The van der Waals surface area contributed by atoms with Crippen molar-refractivity contribution in [3.05, 3.63) is 50.5 Å². The molecule has 0 atom stereocenters. The van der Waals surface area contributed by atoms with Crippen LogP contribution in [0, 0.1) is 10.1 Å². The molecule has 6 heteroatoms. The Hall–Kier alpha value is -1.69. The van der Waals surface area contributed by atoms with Crippen molar-refractivity contribution in [2.45, 2.75) is 13.3 Å². The molecule has 18 heavy (non-hydrogen) atoms. The van der Waals surface area contributed by atoms with Crippen molar-refractivity contribution in [1.82, 2.24) is 5.32 Å². The van der Waals surface area contributed by atoms with Crippen LogP contribution in [0.25, 0.3) is 0 Å². The molecule has 0 saturated carbocycles. The molecular weight excluding hydrogens is 300 g/mol. The van der Waals surface area contributed by atoms with Crippen LogP contribution in [0.5, 0.6) is 0 Å². The molecule has 5 nitrogen and oxygen atoms in total. The summed E-state index contributed by atoms with van der Waals surface area (Å²) in [7, 11) is 0. The van der Waals surface area contributed by atoms with Crippen LogP contribution in [0.1, 0.15) is 23.7 Å². The lowest BCUT2D eigenvalue weighted by Crippen LogP contribution is -2.24. The topological polar surface area (TPSA) is 72.2 Å². The Bertz CT molecular complexity index is 486. The molecule has 96 valence electrons. The molecule has 0 aliphatic heterocycles. The quantitative estimate of drug-likeness (QED) is 0.393. The minimum atomic E-state index is -0.526. The van der Waals surface area contributed by atoms with Gasteiger partial charge in [0.25, 0.3) is 11.6 Å². The van der Waals surface area contributed by atoms with Crippen LogP contribution in [-0.4, -0.2) is 17.4 Å². The number of nitrogens with zero attached hydrogens (tertiary/aromatic N) is 1. The number of carbonyl (C=O) groups excluding carboxylic acids is 1. The SMILES string of the molecule is C/C=C/CCNC(=O)c1cc(Br)cc([N+](=O)[O-])c1. The average molecular weight is 313 g/mol. The van der Waals surface area contributed by atoms with Gasteiger partial charge in [0.05, 0.1) is 4.92 Å². The number of nitrogens with one attached hydrogen (secondary N) is 1. The third-order valence-electron chi connectivity index (χ3n) is 2.19. The first-order chi connectivity index (χ1) is 8.54. The molecule has 0 heterocycles. The van der Waals surface area contributed by atoms with Gasteiger partial charge in [-0.3, -0.25) is 14.9 Å². The Morgan fingerprint density at radius 3 is 2.83 bits per heavy atom. The van der Waals surface area contributed by atoms with Gasteiger partial charge < -0.3 is 5.32 Å². The summed E-state index contributed by atoms with van der Waals surface area (Å²) in [4.78, 5) is 21.9. The number of halogens is 1. The van der Waals surface area contributed by atoms with Crippen molar-refractivity contribution in [3.63, 3.8) is 0 Å². The molecule has 0 spiro atoms. The van der Waals surface area contributed by atoms with Gasteiger partial charge in [0, 0.05) is 28.7 Å². The second kappa shape index (κ2) is 6.90. The number of nitro benzene ring substituents is 1. The van der Waals surface area contributed by atoms with Gasteiger partial charge in [0.2, 0.25) is 0 Å². The van der Waals surface area contributed by atoms with Crippen molar-refractivity contribution in [2.24, 2.45) is 0 Å². The lowest BCUT2D eigenvalue weighted by Gasteiger charge is -2.04. The average Bonchev–Trinajstić information content (AvgIpc) is 2.33. The van der Waals surface area contributed by atoms with Crippen LogP contribution in [-0.2, 0) is 0 Å². The lowest BCUT2D eigenvalue weighted by atomic mass is 10.2. The number of hydrogen-bond acceptors (Lipinski definition) is 3. The van der Waals surface area contributed by atoms with E-state index < -0.39 is 4.92 Å². The van der Waals surface area contributed by atoms with E-state index in [0.717, 1.165) is 6.42 Å². The number of allylic oxidation sites excluding steroid dienone is 1. The van der Waals surface area contributed by atoms with Crippen LogP contribution in [0.15, 0.2) is 34.8 Å². The number of carbonyl (C=O) groups is 1. The van der Waals surface area contributed by atoms with Gasteiger partial charge in [0.15, 0.2) is 0 Å². The van der Waals surface area contributed by atoms with Gasteiger partial charge >= 0.3 is 0 Å². The molecule has 0 aliphatic rings. The largest absolute Gasteiger partial charge is 0.352 e. The Kier molecular flexibility index (Phi) is 5.51. The van der Waals surface area contributed by atoms with Crippen LogP contribution in [0.4, 0.5) is 5.69 Å². The van der Waals surface area contributed by atoms with E-state index in [2.05, 4.69) is 21.2 Å². The van der Waals surface area contributed by atoms with Crippen molar-refractivity contribution in [3.8, 4) is 0 Å². The molecule has 0 aromatic heterocycles. The second-order valence-electron chi connectivity index (χ2n) is 3.57. The smallest absolute Gasteiger partial charge is 0.271 e. The number of amides is 1. The van der Waals surface area contributed by atoms with Crippen LogP contribution < -0.4 is 5.32 Å². The molecule has 0 saturated heterocycles. The van der Waals surface area contributed by atoms with Crippen LogP contribution >= 0.6 is 15.9 Å². The zero-order chi connectivity index (χ0) is 13.5. The maximum Gasteiger partial charge on any atom is 0.271 e. The van der Waals surface area contributed by atoms with E-state index in [0.29, 0.717) is 11.0 Å². The molecular formula is C12H13BrN2O3. The predicted octanol–water partition coefficient (Wildman–Crippen LogP) is 3.05. The summed E-state index contributed by atoms with van der Waals surface area (Å²) in [5.74, 6) is -0.316. The Morgan fingerprint density at radius 1 is 1.50 bits per heavy atom. The number of non-ortho nitro benzene ring substituents is 1. The zero-order valence-corrected chi connectivity index (χ0v) is 11.4. The summed E-state index contributed by atoms with van der Waals surface area (Å²) in [6, 6.07) is 4.17. The van der Waals surface area contributed by atoms with E-state index in [9.17, 15) is 14.9 Å². The van der Waals surface area contributed by atoms with E-state index in [1.807, 2.05) is 19.1 Å². The molecule has 0 bridgehead atoms. The number of nitro groups is 1. The first-order valence-electron chi connectivity index (χ1n) is 5.39. The number of rotatable bonds is 5. The molecule has 0 fully saturated rings. The monoisotopic (exact) mass is 312 g/mol. The Morgan fingerprint density at radius 2 is 2.22 bits per heavy atom. The van der Waals surface area contributed by atoms with E-state index in [1.54, 1.807) is 6.07 Å². The fourth-order valence-electron chi connectivity index (χ4n) is 1.35. The number of benzene rings is 1. The lowest BCUT2D eigenvalue weighted by molar-refractivity contribution is -0.385. The van der Waals surface area contributed by atoms with Crippen molar-refractivity contribution in [1.29, 1.82) is 0 Å². The van der Waals surface area contributed by atoms with Crippen LogP contribution in [0.3, 0.4) is 0 Å². The first-order valence-corrected chi connectivity index (χ1v) is 6.18. The highest BCUT2D eigenvalue weighted by Gasteiger charge is 2.13. The fourth-order valence-corrected chi connectivity index (χ4v) is 1.83. The van der Waals surface area contributed by atoms with Crippen molar-refractivity contribution >= 4 is 27.5 Å². The van der Waals surface area contributed by atoms with Gasteiger partial charge in [-0.05, 0) is 19.4 Å². The van der Waals surface area contributed by atoms with Crippen molar-refractivity contribution in [2.75, 3.05) is 6.54 Å². The maximum absolute atomic E-state index is 11.8. The van der Waals surface area contributed by atoms with Gasteiger partial charge in [-0.2, -0.15) is 0 Å². The van der Waals surface area contributed by atoms with E-state index in [-0.39, 0.29) is 17.2 Å². The highest BCUT2D eigenvalue weighted by atomic mass is 79.9. The zero-order valence-electron chi connectivity index (χ0n) is 9.85. The fraction of sp³-hybridized carbons (Fsp3) is 0.250. The standard InChI is InChI=1S/C12H13BrN2O3/c1-2-3-4-5-14-12(16)9-6-10(13)8-11(7-9)15(17)18/h2-3,6-8H,4-5H2,1H3,(H,14,16)/b3-2+.